The fourth-order valence-electron chi connectivity index (χ4n) is 2.85. The molecule has 2 aromatic rings. The molecule has 0 aliphatic heterocycles. The number of carbonyl (C=O) groups excluding carboxylic acids is 1. The molecule has 1 aromatic heterocycles. The summed E-state index contributed by atoms with van der Waals surface area (Å²) in [5, 5.41) is 15.0. The summed E-state index contributed by atoms with van der Waals surface area (Å²) in [6.07, 6.45) is 0. The second-order valence-corrected chi connectivity index (χ2v) is 6.73. The monoisotopic (exact) mass is 289 g/mol. The van der Waals surface area contributed by atoms with E-state index in [1.807, 2.05) is 43.5 Å². The molecule has 104 valence electrons. The van der Waals surface area contributed by atoms with Gasteiger partial charge in [0.15, 0.2) is 0 Å². The molecule has 0 unspecified atom stereocenters. The van der Waals surface area contributed by atoms with Crippen molar-refractivity contribution in [3.05, 3.63) is 29.6 Å². The van der Waals surface area contributed by atoms with Crippen LogP contribution in [-0.2, 0) is 9.59 Å². The fraction of sp³-hybridized carbons (Fsp3) is 0.333. The van der Waals surface area contributed by atoms with Gasteiger partial charge in [0.1, 0.15) is 0 Å². The molecular weight excluding hydrogens is 274 g/mol. The zero-order chi connectivity index (χ0) is 14.5. The fourth-order valence-corrected chi connectivity index (χ4v) is 3.62. The van der Waals surface area contributed by atoms with Gasteiger partial charge in [0.25, 0.3) is 0 Å². The maximum atomic E-state index is 12.2. The molecule has 1 aliphatic rings. The first-order valence-corrected chi connectivity index (χ1v) is 7.30. The number of hydrogen-bond acceptors (Lipinski definition) is 3. The van der Waals surface area contributed by atoms with Gasteiger partial charge in [-0.05, 0) is 40.4 Å². The van der Waals surface area contributed by atoms with E-state index in [-0.39, 0.29) is 5.91 Å². The van der Waals surface area contributed by atoms with Crippen molar-refractivity contribution in [2.45, 2.75) is 13.8 Å². The standard InChI is InChI=1S/C15H15NO3S/c1-15(2)11(12(15)14(18)19)13(17)16-9-3-4-10-8(7-9)5-6-20-10/h3-7,11-12H,1-2H3,(H,16,17)(H,18,19)/t11-,12+/m1/s1. The van der Waals surface area contributed by atoms with E-state index in [1.54, 1.807) is 11.3 Å². The summed E-state index contributed by atoms with van der Waals surface area (Å²) in [6.45, 7) is 3.64. The number of benzene rings is 1. The lowest BCUT2D eigenvalue weighted by molar-refractivity contribution is -0.140. The number of aliphatic carboxylic acids is 1. The molecule has 20 heavy (non-hydrogen) atoms. The number of fused-ring (bicyclic) bond motifs is 1. The van der Waals surface area contributed by atoms with Crippen LogP contribution in [0.1, 0.15) is 13.8 Å². The van der Waals surface area contributed by atoms with Crippen molar-refractivity contribution in [1.29, 1.82) is 0 Å². The number of hydrogen-bond donors (Lipinski definition) is 2. The third-order valence-electron chi connectivity index (χ3n) is 4.10. The molecule has 2 atom stereocenters. The Hall–Kier alpha value is -1.88. The number of carboxylic acid groups (broad SMARTS) is 1. The number of carboxylic acids is 1. The van der Waals surface area contributed by atoms with Crippen molar-refractivity contribution in [3.8, 4) is 0 Å². The van der Waals surface area contributed by atoms with E-state index in [0.717, 1.165) is 10.1 Å². The maximum absolute atomic E-state index is 12.2. The van der Waals surface area contributed by atoms with Crippen molar-refractivity contribution < 1.29 is 14.7 Å². The maximum Gasteiger partial charge on any atom is 0.307 e. The Morgan fingerprint density at radius 3 is 2.65 bits per heavy atom. The largest absolute Gasteiger partial charge is 0.481 e. The topological polar surface area (TPSA) is 66.4 Å². The van der Waals surface area contributed by atoms with E-state index >= 15 is 0 Å². The third kappa shape index (κ3) is 1.98. The van der Waals surface area contributed by atoms with Crippen molar-refractivity contribution in [2.75, 3.05) is 5.32 Å². The van der Waals surface area contributed by atoms with E-state index in [2.05, 4.69) is 5.32 Å². The summed E-state index contributed by atoms with van der Waals surface area (Å²) in [5.74, 6) is -2.16. The number of nitrogens with one attached hydrogen (secondary N) is 1. The molecule has 0 bridgehead atoms. The minimum atomic E-state index is -0.900. The molecular formula is C15H15NO3S. The quantitative estimate of drug-likeness (QED) is 0.912. The van der Waals surface area contributed by atoms with Crippen molar-refractivity contribution in [2.24, 2.45) is 17.3 Å². The third-order valence-corrected chi connectivity index (χ3v) is 4.99. The van der Waals surface area contributed by atoms with Crippen molar-refractivity contribution >= 4 is 39.0 Å². The smallest absolute Gasteiger partial charge is 0.307 e. The van der Waals surface area contributed by atoms with Gasteiger partial charge >= 0.3 is 5.97 Å². The van der Waals surface area contributed by atoms with Crippen LogP contribution in [0.2, 0.25) is 0 Å². The molecule has 0 spiro atoms. The van der Waals surface area contributed by atoms with E-state index in [4.69, 9.17) is 5.11 Å². The molecule has 1 aliphatic carbocycles. The van der Waals surface area contributed by atoms with Crippen LogP contribution < -0.4 is 5.32 Å². The van der Waals surface area contributed by atoms with Crippen LogP contribution in [0.3, 0.4) is 0 Å². The molecule has 1 amide bonds. The first-order valence-electron chi connectivity index (χ1n) is 6.42. The van der Waals surface area contributed by atoms with E-state index in [0.29, 0.717) is 5.69 Å². The normalized spacial score (nSPS) is 23.5. The SMILES string of the molecule is CC1(C)[C@H](C(=O)O)[C@@H]1C(=O)Nc1ccc2sccc2c1. The summed E-state index contributed by atoms with van der Waals surface area (Å²) in [7, 11) is 0. The zero-order valence-corrected chi connectivity index (χ0v) is 12.0. The predicted octanol–water partition coefficient (Wildman–Crippen LogP) is 3.20. The number of carbonyl (C=O) groups is 2. The predicted molar refractivity (Wildman–Crippen MR) is 78.9 cm³/mol. The highest BCUT2D eigenvalue weighted by Gasteiger charge is 2.65. The van der Waals surface area contributed by atoms with Gasteiger partial charge in [-0.15, -0.1) is 11.3 Å². The van der Waals surface area contributed by atoms with E-state index in [9.17, 15) is 9.59 Å². The first-order chi connectivity index (χ1) is 9.41. The van der Waals surface area contributed by atoms with Gasteiger partial charge in [-0.1, -0.05) is 13.8 Å². The van der Waals surface area contributed by atoms with Gasteiger partial charge < -0.3 is 10.4 Å². The number of anilines is 1. The molecule has 4 nitrogen and oxygen atoms in total. The van der Waals surface area contributed by atoms with Crippen LogP contribution in [0.25, 0.3) is 10.1 Å². The summed E-state index contributed by atoms with van der Waals surface area (Å²) in [5.41, 5.74) is 0.246. The summed E-state index contributed by atoms with van der Waals surface area (Å²) in [4.78, 5) is 23.3. The Labute approximate surface area is 120 Å². The minimum Gasteiger partial charge on any atom is -0.481 e. The van der Waals surface area contributed by atoms with Crippen LogP contribution in [0.5, 0.6) is 0 Å². The average Bonchev–Trinajstić information content (AvgIpc) is 2.73. The summed E-state index contributed by atoms with van der Waals surface area (Å²) >= 11 is 1.65. The Morgan fingerprint density at radius 1 is 1.25 bits per heavy atom. The van der Waals surface area contributed by atoms with Gasteiger partial charge in [0, 0.05) is 10.4 Å². The second-order valence-electron chi connectivity index (χ2n) is 5.78. The highest BCUT2D eigenvalue weighted by atomic mass is 32.1. The highest BCUT2D eigenvalue weighted by Crippen LogP contribution is 2.58. The number of amides is 1. The van der Waals surface area contributed by atoms with Gasteiger partial charge in [0.2, 0.25) is 5.91 Å². The molecule has 0 saturated heterocycles. The van der Waals surface area contributed by atoms with Crippen LogP contribution in [-0.4, -0.2) is 17.0 Å². The molecule has 5 heteroatoms. The lowest BCUT2D eigenvalue weighted by Crippen LogP contribution is -2.17. The minimum absolute atomic E-state index is 0.211. The summed E-state index contributed by atoms with van der Waals surface area (Å²) in [6, 6.07) is 7.72. The molecule has 2 N–H and O–H groups in total. The molecule has 1 fully saturated rings. The lowest BCUT2D eigenvalue weighted by atomic mass is 10.1. The van der Waals surface area contributed by atoms with Crippen LogP contribution >= 0.6 is 11.3 Å². The molecule has 3 rings (SSSR count). The molecule has 1 saturated carbocycles. The van der Waals surface area contributed by atoms with E-state index < -0.39 is 23.2 Å². The Balaban J connectivity index is 1.78. The number of thiophene rings is 1. The average molecular weight is 289 g/mol. The van der Waals surface area contributed by atoms with Gasteiger partial charge in [-0.3, -0.25) is 9.59 Å². The van der Waals surface area contributed by atoms with Crippen molar-refractivity contribution in [1.82, 2.24) is 0 Å². The van der Waals surface area contributed by atoms with Gasteiger partial charge in [-0.25, -0.2) is 0 Å². The molecule has 1 heterocycles. The molecule has 0 radical (unpaired) electrons. The van der Waals surface area contributed by atoms with Crippen LogP contribution in [0.15, 0.2) is 29.6 Å². The van der Waals surface area contributed by atoms with Crippen LogP contribution in [0, 0.1) is 17.3 Å². The van der Waals surface area contributed by atoms with Gasteiger partial charge in [0.05, 0.1) is 11.8 Å². The van der Waals surface area contributed by atoms with Crippen molar-refractivity contribution in [3.63, 3.8) is 0 Å². The lowest BCUT2D eigenvalue weighted by Gasteiger charge is -2.06. The molecule has 1 aromatic carbocycles. The Morgan fingerprint density at radius 2 is 2.00 bits per heavy atom. The highest BCUT2D eigenvalue weighted by molar-refractivity contribution is 7.17. The van der Waals surface area contributed by atoms with E-state index in [1.165, 1.54) is 0 Å². The Bertz CT molecular complexity index is 704. The van der Waals surface area contributed by atoms with Gasteiger partial charge in [-0.2, -0.15) is 0 Å². The van der Waals surface area contributed by atoms with Crippen LogP contribution in [0.4, 0.5) is 5.69 Å². The zero-order valence-electron chi connectivity index (χ0n) is 11.2. The first kappa shape index (κ1) is 13.1. The number of rotatable bonds is 3. The summed E-state index contributed by atoms with van der Waals surface area (Å²) < 4.78 is 1.16. The Kier molecular flexibility index (Phi) is 2.83. The second kappa shape index (κ2) is 4.31.